The lowest BCUT2D eigenvalue weighted by molar-refractivity contribution is -0.137. The number of likely N-dealkylation sites (tertiary alicyclic amines) is 2. The summed E-state index contributed by atoms with van der Waals surface area (Å²) in [6.45, 7) is 4.56. The van der Waals surface area contributed by atoms with Gasteiger partial charge in [-0.15, -0.1) is 0 Å². The lowest BCUT2D eigenvalue weighted by Crippen LogP contribution is -2.50. The predicted molar refractivity (Wildman–Crippen MR) is 111 cm³/mol. The van der Waals surface area contributed by atoms with E-state index in [0.717, 1.165) is 24.6 Å². The minimum absolute atomic E-state index is 0.0104. The fourth-order valence-electron chi connectivity index (χ4n) is 4.54. The van der Waals surface area contributed by atoms with Gasteiger partial charge in [0, 0.05) is 31.6 Å². The van der Waals surface area contributed by atoms with Crippen molar-refractivity contribution in [2.24, 2.45) is 0 Å². The second kappa shape index (κ2) is 8.41. The van der Waals surface area contributed by atoms with Crippen LogP contribution in [-0.4, -0.2) is 65.1 Å². The molecule has 2 heterocycles. The van der Waals surface area contributed by atoms with Crippen LogP contribution in [0.1, 0.15) is 43.0 Å². The number of nitrogens with zero attached hydrogens (tertiary/aromatic N) is 2. The van der Waals surface area contributed by atoms with Crippen LogP contribution in [0.5, 0.6) is 5.75 Å². The van der Waals surface area contributed by atoms with Gasteiger partial charge in [0.05, 0.1) is 11.7 Å². The van der Waals surface area contributed by atoms with Crippen LogP contribution in [0.3, 0.4) is 0 Å². The monoisotopic (exact) mass is 396 g/mol. The van der Waals surface area contributed by atoms with Crippen LogP contribution < -0.4 is 0 Å². The number of hydrogen-bond acceptors (Lipinski definition) is 4. The van der Waals surface area contributed by atoms with E-state index in [1.807, 2.05) is 36.1 Å². The van der Waals surface area contributed by atoms with Crippen molar-refractivity contribution in [1.82, 2.24) is 9.80 Å². The number of carbonyl (C=O) groups is 2. The van der Waals surface area contributed by atoms with Crippen LogP contribution in [-0.2, 0) is 9.53 Å². The van der Waals surface area contributed by atoms with E-state index in [0.29, 0.717) is 38.0 Å². The number of hydrogen-bond donors (Lipinski definition) is 1. The number of ether oxygens (including phenoxy) is 1. The van der Waals surface area contributed by atoms with E-state index < -0.39 is 6.04 Å². The molecule has 29 heavy (non-hydrogen) atoms. The van der Waals surface area contributed by atoms with Crippen molar-refractivity contribution in [3.8, 4) is 5.75 Å². The molecule has 2 aromatic rings. The molecule has 0 saturated carbocycles. The average Bonchev–Trinajstić information content (AvgIpc) is 3.24. The van der Waals surface area contributed by atoms with Gasteiger partial charge in [-0.05, 0) is 44.1 Å². The second-order valence-corrected chi connectivity index (χ2v) is 7.82. The lowest BCUT2D eigenvalue weighted by Gasteiger charge is -2.35. The average molecular weight is 396 g/mol. The summed E-state index contributed by atoms with van der Waals surface area (Å²) in [6.07, 6.45) is 3.37. The Labute approximate surface area is 171 Å². The Hall–Kier alpha value is -2.60. The number of phenols is 1. The van der Waals surface area contributed by atoms with E-state index in [2.05, 4.69) is 0 Å². The smallest absolute Gasteiger partial charge is 0.258 e. The highest BCUT2D eigenvalue weighted by Crippen LogP contribution is 2.32. The van der Waals surface area contributed by atoms with Crippen molar-refractivity contribution in [1.29, 1.82) is 0 Å². The zero-order valence-electron chi connectivity index (χ0n) is 16.8. The number of benzene rings is 2. The molecule has 154 valence electrons. The third-order valence-electron chi connectivity index (χ3n) is 6.09. The molecule has 2 amide bonds. The summed E-state index contributed by atoms with van der Waals surface area (Å²) in [5, 5.41) is 12.2. The number of phenolic OH excluding ortho intramolecular Hbond substituents is 1. The molecule has 2 saturated heterocycles. The minimum Gasteiger partial charge on any atom is -0.506 e. The Morgan fingerprint density at radius 3 is 2.59 bits per heavy atom. The van der Waals surface area contributed by atoms with Crippen molar-refractivity contribution >= 4 is 22.6 Å². The Morgan fingerprint density at radius 2 is 1.83 bits per heavy atom. The second-order valence-electron chi connectivity index (χ2n) is 7.82. The number of piperidine rings is 1. The Kier molecular flexibility index (Phi) is 5.72. The summed E-state index contributed by atoms with van der Waals surface area (Å²) in [5.74, 6) is -0.261. The summed E-state index contributed by atoms with van der Waals surface area (Å²) in [5.41, 5.74) is 0.262. The first-order chi connectivity index (χ1) is 14.1. The predicted octanol–water partition coefficient (Wildman–Crippen LogP) is 3.18. The van der Waals surface area contributed by atoms with Crippen molar-refractivity contribution in [2.75, 3.05) is 26.2 Å². The zero-order valence-corrected chi connectivity index (χ0v) is 16.8. The van der Waals surface area contributed by atoms with E-state index in [4.69, 9.17) is 4.74 Å². The van der Waals surface area contributed by atoms with Crippen molar-refractivity contribution in [2.45, 2.75) is 44.8 Å². The number of fused-ring (bicyclic) bond motifs is 1. The van der Waals surface area contributed by atoms with Crippen LogP contribution in [0.4, 0.5) is 0 Å². The van der Waals surface area contributed by atoms with Gasteiger partial charge in [0.1, 0.15) is 11.8 Å². The van der Waals surface area contributed by atoms with Gasteiger partial charge in [-0.25, -0.2) is 0 Å². The van der Waals surface area contributed by atoms with Gasteiger partial charge in [0.25, 0.3) is 5.91 Å². The van der Waals surface area contributed by atoms with Gasteiger partial charge in [-0.2, -0.15) is 0 Å². The fraction of sp³-hybridized carbons (Fsp3) is 0.478. The van der Waals surface area contributed by atoms with Gasteiger partial charge in [-0.1, -0.05) is 30.3 Å². The molecule has 6 nitrogen and oxygen atoms in total. The first kappa shape index (κ1) is 19.7. The molecular formula is C23H28N2O4. The Bertz CT molecular complexity index is 905. The molecule has 1 atom stereocenters. The number of rotatable bonds is 4. The summed E-state index contributed by atoms with van der Waals surface area (Å²) < 4.78 is 5.67. The summed E-state index contributed by atoms with van der Waals surface area (Å²) in [7, 11) is 0. The quantitative estimate of drug-likeness (QED) is 0.862. The number of amides is 2. The topological polar surface area (TPSA) is 70.1 Å². The van der Waals surface area contributed by atoms with E-state index in [-0.39, 0.29) is 29.2 Å². The van der Waals surface area contributed by atoms with Crippen LogP contribution in [0, 0.1) is 0 Å². The molecular weight excluding hydrogens is 368 g/mol. The fourth-order valence-corrected chi connectivity index (χ4v) is 4.54. The molecule has 4 rings (SSSR count). The highest BCUT2D eigenvalue weighted by molar-refractivity contribution is 6.05. The number of carbonyl (C=O) groups excluding carboxylic acids is 2. The van der Waals surface area contributed by atoms with Crippen LogP contribution >= 0.6 is 0 Å². The van der Waals surface area contributed by atoms with E-state index in [1.54, 1.807) is 17.0 Å². The molecule has 2 aliphatic rings. The van der Waals surface area contributed by atoms with Crippen molar-refractivity contribution < 1.29 is 19.4 Å². The molecule has 0 spiro atoms. The maximum Gasteiger partial charge on any atom is 0.258 e. The molecule has 0 aromatic heterocycles. The maximum absolute atomic E-state index is 13.2. The summed E-state index contributed by atoms with van der Waals surface area (Å²) in [6, 6.07) is 10.5. The molecule has 1 unspecified atom stereocenters. The lowest BCUT2D eigenvalue weighted by atomic mass is 10.0. The summed E-state index contributed by atoms with van der Waals surface area (Å²) >= 11 is 0. The summed E-state index contributed by atoms with van der Waals surface area (Å²) in [4.78, 5) is 29.9. The van der Waals surface area contributed by atoms with Gasteiger partial charge in [0.15, 0.2) is 0 Å². The van der Waals surface area contributed by atoms with Crippen LogP contribution in [0.2, 0.25) is 0 Å². The Morgan fingerprint density at radius 1 is 1.07 bits per heavy atom. The van der Waals surface area contributed by atoms with Gasteiger partial charge in [0.2, 0.25) is 5.91 Å². The molecule has 2 aromatic carbocycles. The third kappa shape index (κ3) is 3.81. The normalized spacial score (nSPS) is 20.4. The molecule has 2 fully saturated rings. The van der Waals surface area contributed by atoms with Gasteiger partial charge in [-0.3, -0.25) is 9.59 Å². The largest absolute Gasteiger partial charge is 0.506 e. The highest BCUT2D eigenvalue weighted by atomic mass is 16.5. The highest BCUT2D eigenvalue weighted by Gasteiger charge is 2.38. The van der Waals surface area contributed by atoms with Gasteiger partial charge >= 0.3 is 0 Å². The molecule has 0 aliphatic carbocycles. The third-order valence-corrected chi connectivity index (χ3v) is 6.09. The Balaban J connectivity index is 1.50. The van der Waals surface area contributed by atoms with Crippen molar-refractivity contribution in [3.63, 3.8) is 0 Å². The zero-order chi connectivity index (χ0) is 20.4. The maximum atomic E-state index is 13.2. The van der Waals surface area contributed by atoms with Crippen LogP contribution in [0.15, 0.2) is 36.4 Å². The molecule has 6 heteroatoms. The van der Waals surface area contributed by atoms with E-state index in [9.17, 15) is 14.7 Å². The SMILES string of the molecule is CCOC1CCN(C(=O)C2CCCN2C(=O)c2ccc3ccccc3c2O)CC1. The van der Waals surface area contributed by atoms with E-state index >= 15 is 0 Å². The van der Waals surface area contributed by atoms with Crippen molar-refractivity contribution in [3.05, 3.63) is 42.0 Å². The molecule has 0 bridgehead atoms. The number of aromatic hydroxyl groups is 1. The standard InChI is InChI=1S/C23H28N2O4/c1-2-29-17-11-14-24(15-12-17)23(28)20-8-5-13-25(20)22(27)19-10-9-16-6-3-4-7-18(16)21(19)26/h3-4,6-7,9-10,17,20,26H,2,5,8,11-15H2,1H3. The first-order valence-electron chi connectivity index (χ1n) is 10.5. The van der Waals surface area contributed by atoms with Gasteiger partial charge < -0.3 is 19.6 Å². The minimum atomic E-state index is -0.447. The van der Waals surface area contributed by atoms with Crippen LogP contribution in [0.25, 0.3) is 10.8 Å². The molecule has 0 radical (unpaired) electrons. The van der Waals surface area contributed by atoms with E-state index in [1.165, 1.54) is 0 Å². The molecule has 1 N–H and O–H groups in total. The first-order valence-corrected chi connectivity index (χ1v) is 10.5. The molecule has 2 aliphatic heterocycles.